The van der Waals surface area contributed by atoms with Gasteiger partial charge in [0.15, 0.2) is 11.6 Å². The number of carbonyl (C=O) groups excluding carboxylic acids is 2. The SMILES string of the molecule is CC1=NN(c2ccccn2)C(=O)C1C(=O)c1ccc(F)cc1. The van der Waals surface area contributed by atoms with E-state index in [1.165, 1.54) is 24.3 Å². The number of aromatic nitrogens is 1. The van der Waals surface area contributed by atoms with Gasteiger partial charge in [-0.3, -0.25) is 9.59 Å². The van der Waals surface area contributed by atoms with Crippen LogP contribution in [0.5, 0.6) is 0 Å². The maximum atomic E-state index is 12.9. The van der Waals surface area contributed by atoms with Gasteiger partial charge in [-0.2, -0.15) is 10.1 Å². The van der Waals surface area contributed by atoms with Crippen molar-refractivity contribution in [3.8, 4) is 0 Å². The third-order valence-corrected chi connectivity index (χ3v) is 3.39. The van der Waals surface area contributed by atoms with Gasteiger partial charge in [-0.25, -0.2) is 9.37 Å². The zero-order chi connectivity index (χ0) is 15.7. The highest BCUT2D eigenvalue weighted by molar-refractivity contribution is 6.30. The second-order valence-electron chi connectivity index (χ2n) is 4.88. The van der Waals surface area contributed by atoms with Crippen molar-refractivity contribution < 1.29 is 14.0 Å². The Kier molecular flexibility index (Phi) is 3.50. The predicted molar refractivity (Wildman–Crippen MR) is 79.1 cm³/mol. The predicted octanol–water partition coefficient (Wildman–Crippen LogP) is 2.44. The van der Waals surface area contributed by atoms with Crippen molar-refractivity contribution in [2.45, 2.75) is 6.92 Å². The van der Waals surface area contributed by atoms with Gasteiger partial charge < -0.3 is 0 Å². The summed E-state index contributed by atoms with van der Waals surface area (Å²) in [6, 6.07) is 10.2. The number of rotatable bonds is 3. The summed E-state index contributed by atoms with van der Waals surface area (Å²) in [5, 5.41) is 5.25. The summed E-state index contributed by atoms with van der Waals surface area (Å²) in [7, 11) is 0. The Morgan fingerprint density at radius 2 is 1.91 bits per heavy atom. The topological polar surface area (TPSA) is 62.6 Å². The highest BCUT2D eigenvalue weighted by Gasteiger charge is 2.40. The van der Waals surface area contributed by atoms with Crippen molar-refractivity contribution in [1.29, 1.82) is 0 Å². The minimum atomic E-state index is -0.993. The molecule has 0 fully saturated rings. The lowest BCUT2D eigenvalue weighted by Crippen LogP contribution is -2.33. The third kappa shape index (κ3) is 2.39. The number of benzene rings is 1. The van der Waals surface area contributed by atoms with E-state index in [2.05, 4.69) is 10.1 Å². The number of amides is 1. The first-order valence-electron chi connectivity index (χ1n) is 6.68. The Morgan fingerprint density at radius 1 is 1.18 bits per heavy atom. The molecule has 22 heavy (non-hydrogen) atoms. The molecule has 0 aliphatic carbocycles. The Morgan fingerprint density at radius 3 is 2.55 bits per heavy atom. The van der Waals surface area contributed by atoms with E-state index in [-0.39, 0.29) is 5.56 Å². The lowest BCUT2D eigenvalue weighted by molar-refractivity contribution is -0.118. The molecule has 1 amide bonds. The molecule has 1 aromatic carbocycles. The van der Waals surface area contributed by atoms with Crippen LogP contribution in [0.25, 0.3) is 0 Å². The summed E-state index contributed by atoms with van der Waals surface area (Å²) in [4.78, 5) is 29.0. The van der Waals surface area contributed by atoms with Crippen LogP contribution in [0, 0.1) is 11.7 Å². The Balaban J connectivity index is 1.90. The molecule has 0 saturated carbocycles. The second-order valence-corrected chi connectivity index (χ2v) is 4.88. The molecular formula is C16H12FN3O2. The first-order chi connectivity index (χ1) is 10.6. The van der Waals surface area contributed by atoms with Crippen molar-refractivity contribution in [2.24, 2.45) is 11.0 Å². The van der Waals surface area contributed by atoms with Crippen LogP contribution in [0.15, 0.2) is 53.8 Å². The van der Waals surface area contributed by atoms with Crippen molar-refractivity contribution in [1.82, 2.24) is 4.98 Å². The quantitative estimate of drug-likeness (QED) is 0.645. The minimum absolute atomic E-state index is 0.275. The summed E-state index contributed by atoms with van der Waals surface area (Å²) in [5.74, 6) is -1.92. The summed E-state index contributed by atoms with van der Waals surface area (Å²) in [6.45, 7) is 1.62. The van der Waals surface area contributed by atoms with E-state index in [1.807, 2.05) is 0 Å². The zero-order valence-corrected chi connectivity index (χ0v) is 11.7. The van der Waals surface area contributed by atoms with Gasteiger partial charge in [0.05, 0.1) is 5.71 Å². The minimum Gasteiger partial charge on any atom is -0.293 e. The monoisotopic (exact) mass is 297 g/mol. The van der Waals surface area contributed by atoms with Crippen LogP contribution >= 0.6 is 0 Å². The maximum Gasteiger partial charge on any atom is 0.265 e. The van der Waals surface area contributed by atoms with Gasteiger partial charge in [0.2, 0.25) is 0 Å². The number of pyridine rings is 1. The molecule has 0 saturated heterocycles. The Labute approximate surface area is 126 Å². The van der Waals surface area contributed by atoms with Crippen LogP contribution in [0.2, 0.25) is 0 Å². The van der Waals surface area contributed by atoms with Crippen LogP contribution in [-0.2, 0) is 4.79 Å². The molecule has 0 bridgehead atoms. The van der Waals surface area contributed by atoms with Gasteiger partial charge in [0.25, 0.3) is 5.91 Å². The van der Waals surface area contributed by atoms with Crippen molar-refractivity contribution in [2.75, 3.05) is 5.01 Å². The van der Waals surface area contributed by atoms with Gasteiger partial charge in [-0.1, -0.05) is 6.07 Å². The summed E-state index contributed by atoms with van der Waals surface area (Å²) in [6.07, 6.45) is 1.54. The Bertz CT molecular complexity index is 757. The molecule has 110 valence electrons. The fourth-order valence-electron chi connectivity index (χ4n) is 2.29. The molecular weight excluding hydrogens is 285 g/mol. The molecule has 1 aliphatic heterocycles. The average molecular weight is 297 g/mol. The smallest absolute Gasteiger partial charge is 0.265 e. The first kappa shape index (κ1) is 14.1. The Hall–Kier alpha value is -2.89. The number of anilines is 1. The molecule has 6 heteroatoms. The van der Waals surface area contributed by atoms with Gasteiger partial charge in [0, 0.05) is 11.8 Å². The van der Waals surface area contributed by atoms with E-state index >= 15 is 0 Å². The normalized spacial score (nSPS) is 17.5. The number of nitrogens with zero attached hydrogens (tertiary/aromatic N) is 3. The molecule has 0 radical (unpaired) electrons. The van der Waals surface area contributed by atoms with Crippen molar-refractivity contribution >= 4 is 23.2 Å². The highest BCUT2D eigenvalue weighted by Crippen LogP contribution is 2.24. The number of Topliss-reactive ketones (excluding diaryl/α,β-unsaturated/α-hetero) is 1. The van der Waals surface area contributed by atoms with Crippen LogP contribution < -0.4 is 5.01 Å². The van der Waals surface area contributed by atoms with E-state index in [4.69, 9.17) is 0 Å². The molecule has 3 rings (SSSR count). The average Bonchev–Trinajstić information content (AvgIpc) is 2.83. The number of ketones is 1. The fourth-order valence-corrected chi connectivity index (χ4v) is 2.29. The van der Waals surface area contributed by atoms with Gasteiger partial charge in [0.1, 0.15) is 11.7 Å². The molecule has 1 unspecified atom stereocenters. The lowest BCUT2D eigenvalue weighted by atomic mass is 9.94. The molecule has 5 nitrogen and oxygen atoms in total. The summed E-state index contributed by atoms with van der Waals surface area (Å²) < 4.78 is 12.9. The van der Waals surface area contributed by atoms with E-state index in [0.717, 1.165) is 5.01 Å². The van der Waals surface area contributed by atoms with E-state index in [9.17, 15) is 14.0 Å². The number of carbonyl (C=O) groups is 2. The number of halogens is 1. The van der Waals surface area contributed by atoms with Gasteiger partial charge >= 0.3 is 0 Å². The van der Waals surface area contributed by atoms with E-state index in [1.54, 1.807) is 31.3 Å². The molecule has 2 heterocycles. The molecule has 1 aliphatic rings. The van der Waals surface area contributed by atoms with Crippen LogP contribution in [-0.4, -0.2) is 22.4 Å². The maximum absolute atomic E-state index is 12.9. The second kappa shape index (κ2) is 5.48. The van der Waals surface area contributed by atoms with E-state index in [0.29, 0.717) is 11.5 Å². The highest BCUT2D eigenvalue weighted by atomic mass is 19.1. The fraction of sp³-hybridized carbons (Fsp3) is 0.125. The molecule has 1 atom stereocenters. The number of hydrazone groups is 1. The summed E-state index contributed by atoms with van der Waals surface area (Å²) in [5.41, 5.74) is 0.669. The van der Waals surface area contributed by atoms with Crippen molar-refractivity contribution in [3.05, 3.63) is 60.0 Å². The molecule has 0 spiro atoms. The number of hydrogen-bond donors (Lipinski definition) is 0. The van der Waals surface area contributed by atoms with Crippen LogP contribution in [0.3, 0.4) is 0 Å². The van der Waals surface area contributed by atoms with Gasteiger partial charge in [-0.05, 0) is 43.3 Å². The van der Waals surface area contributed by atoms with Crippen LogP contribution in [0.4, 0.5) is 10.2 Å². The van der Waals surface area contributed by atoms with E-state index < -0.39 is 23.4 Å². The lowest BCUT2D eigenvalue weighted by Gasteiger charge is -2.12. The van der Waals surface area contributed by atoms with Gasteiger partial charge in [-0.15, -0.1) is 0 Å². The summed E-state index contributed by atoms with van der Waals surface area (Å²) >= 11 is 0. The van der Waals surface area contributed by atoms with Crippen molar-refractivity contribution in [3.63, 3.8) is 0 Å². The standard InChI is InChI=1S/C16H12FN3O2/c1-10-14(15(21)11-5-7-12(17)8-6-11)16(22)20(19-10)13-4-2-3-9-18-13/h2-9,14H,1H3. The molecule has 2 aromatic rings. The largest absolute Gasteiger partial charge is 0.293 e. The zero-order valence-electron chi connectivity index (χ0n) is 11.7. The first-order valence-corrected chi connectivity index (χ1v) is 6.68. The third-order valence-electron chi connectivity index (χ3n) is 3.39. The number of hydrogen-bond acceptors (Lipinski definition) is 4. The molecule has 0 N–H and O–H groups in total. The molecule has 1 aromatic heterocycles. The van der Waals surface area contributed by atoms with Crippen LogP contribution in [0.1, 0.15) is 17.3 Å².